The van der Waals surface area contributed by atoms with Crippen LogP contribution in [-0.2, 0) is 6.61 Å². The molecule has 2 rings (SSSR count). The molecule has 0 aliphatic rings. The lowest BCUT2D eigenvalue weighted by molar-refractivity contribution is 0.0924. The molecule has 110 valence electrons. The van der Waals surface area contributed by atoms with Crippen molar-refractivity contribution >= 4 is 12.0 Å². The van der Waals surface area contributed by atoms with Gasteiger partial charge in [0.25, 0.3) is 0 Å². The second-order valence-electron chi connectivity index (χ2n) is 4.49. The van der Waals surface area contributed by atoms with Crippen LogP contribution in [0.1, 0.15) is 34.4 Å². The van der Waals surface area contributed by atoms with Crippen molar-refractivity contribution in [3.8, 4) is 5.75 Å². The van der Waals surface area contributed by atoms with Gasteiger partial charge in [0.15, 0.2) is 5.76 Å². The molecule has 2 aromatic rings. The fourth-order valence-corrected chi connectivity index (χ4v) is 1.93. The Labute approximate surface area is 123 Å². The second kappa shape index (κ2) is 6.76. The largest absolute Gasteiger partial charge is 0.488 e. The van der Waals surface area contributed by atoms with E-state index in [4.69, 9.17) is 15.0 Å². The molecule has 1 aromatic carbocycles. The van der Waals surface area contributed by atoms with Gasteiger partial charge in [0.1, 0.15) is 18.1 Å². The van der Waals surface area contributed by atoms with Gasteiger partial charge in [-0.15, -0.1) is 0 Å². The molecular formula is C16H18N2O3. The van der Waals surface area contributed by atoms with Crippen molar-refractivity contribution in [2.45, 2.75) is 20.5 Å². The maximum Gasteiger partial charge on any atom is 0.300 e. The van der Waals surface area contributed by atoms with E-state index in [2.05, 4.69) is 0 Å². The van der Waals surface area contributed by atoms with Gasteiger partial charge in [-0.25, -0.2) is 5.84 Å². The molecule has 0 radical (unpaired) electrons. The summed E-state index contributed by atoms with van der Waals surface area (Å²) in [5, 5.41) is 0. The van der Waals surface area contributed by atoms with E-state index in [1.165, 1.54) is 0 Å². The molecule has 0 fully saturated rings. The van der Waals surface area contributed by atoms with Crippen LogP contribution >= 0.6 is 0 Å². The highest BCUT2D eigenvalue weighted by molar-refractivity contribution is 5.91. The Bertz CT molecular complexity index is 659. The summed E-state index contributed by atoms with van der Waals surface area (Å²) in [7, 11) is 0. The van der Waals surface area contributed by atoms with Gasteiger partial charge < -0.3 is 9.15 Å². The van der Waals surface area contributed by atoms with Crippen LogP contribution in [0.4, 0.5) is 0 Å². The molecule has 0 saturated heterocycles. The highest BCUT2D eigenvalue weighted by atomic mass is 16.5. The van der Waals surface area contributed by atoms with Gasteiger partial charge in [0.2, 0.25) is 0 Å². The molecule has 0 bridgehead atoms. The maximum atomic E-state index is 11.4. The Morgan fingerprint density at radius 3 is 2.90 bits per heavy atom. The Morgan fingerprint density at radius 1 is 1.43 bits per heavy atom. The summed E-state index contributed by atoms with van der Waals surface area (Å²) in [4.78, 5) is 11.4. The Balaban J connectivity index is 2.13. The zero-order valence-electron chi connectivity index (χ0n) is 12.1. The number of nitrogen functional groups attached to an aromatic ring is 1. The highest BCUT2D eigenvalue weighted by Gasteiger charge is 2.14. The Hall–Kier alpha value is -2.53. The van der Waals surface area contributed by atoms with E-state index >= 15 is 0 Å². The van der Waals surface area contributed by atoms with E-state index in [1.54, 1.807) is 13.0 Å². The van der Waals surface area contributed by atoms with Crippen LogP contribution in [-0.4, -0.2) is 5.91 Å². The summed E-state index contributed by atoms with van der Waals surface area (Å²) in [5.74, 6) is 6.21. The van der Waals surface area contributed by atoms with Gasteiger partial charge in [-0.05, 0) is 26.0 Å². The molecular weight excluding hydrogens is 268 g/mol. The fraction of sp³-hybridized carbons (Fsp3) is 0.188. The number of nitrogens with one attached hydrogen (secondary N) is 1. The molecule has 0 spiro atoms. The number of amides is 1. The summed E-state index contributed by atoms with van der Waals surface area (Å²) in [6.45, 7) is 4.06. The van der Waals surface area contributed by atoms with E-state index in [9.17, 15) is 4.79 Å². The molecule has 5 heteroatoms. The molecule has 0 saturated carbocycles. The molecule has 0 unspecified atom stereocenters. The van der Waals surface area contributed by atoms with Crippen LogP contribution in [0.15, 0.2) is 40.8 Å². The van der Waals surface area contributed by atoms with Crippen LogP contribution in [0.25, 0.3) is 6.08 Å². The third-order valence-corrected chi connectivity index (χ3v) is 3.02. The van der Waals surface area contributed by atoms with Crippen LogP contribution in [0, 0.1) is 6.92 Å². The minimum atomic E-state index is -0.460. The average molecular weight is 286 g/mol. The first kappa shape index (κ1) is 14.9. The number of para-hydroxylation sites is 1. The first-order chi connectivity index (χ1) is 10.2. The minimum absolute atomic E-state index is 0.176. The van der Waals surface area contributed by atoms with Crippen LogP contribution in [0.3, 0.4) is 0 Å². The number of ether oxygens (including phenoxy) is 1. The molecule has 1 heterocycles. The monoisotopic (exact) mass is 286 g/mol. The molecule has 1 aromatic heterocycles. The predicted octanol–water partition coefficient (Wildman–Crippen LogP) is 2.80. The van der Waals surface area contributed by atoms with E-state index in [0.29, 0.717) is 12.4 Å². The van der Waals surface area contributed by atoms with E-state index in [0.717, 1.165) is 16.9 Å². The van der Waals surface area contributed by atoms with E-state index in [1.807, 2.05) is 48.8 Å². The Morgan fingerprint density at radius 2 is 2.19 bits per heavy atom. The van der Waals surface area contributed by atoms with Gasteiger partial charge in [-0.1, -0.05) is 30.4 Å². The SMILES string of the molecule is CC=Cc1ccccc1OCc1cc(C(=O)NN)oc1C. The van der Waals surface area contributed by atoms with Crippen LogP contribution in [0.2, 0.25) is 0 Å². The molecule has 1 amide bonds. The van der Waals surface area contributed by atoms with Crippen molar-refractivity contribution in [1.29, 1.82) is 0 Å². The number of carbonyl (C=O) groups excluding carboxylic acids is 1. The van der Waals surface area contributed by atoms with Crippen molar-refractivity contribution in [2.75, 3.05) is 0 Å². The van der Waals surface area contributed by atoms with Crippen molar-refractivity contribution < 1.29 is 13.9 Å². The zero-order valence-corrected chi connectivity index (χ0v) is 12.1. The van der Waals surface area contributed by atoms with Crippen molar-refractivity contribution in [2.24, 2.45) is 5.84 Å². The van der Waals surface area contributed by atoms with Crippen molar-refractivity contribution in [1.82, 2.24) is 5.43 Å². The molecule has 0 aliphatic heterocycles. The van der Waals surface area contributed by atoms with E-state index < -0.39 is 5.91 Å². The quantitative estimate of drug-likeness (QED) is 0.503. The number of furan rings is 1. The average Bonchev–Trinajstić information content (AvgIpc) is 2.87. The summed E-state index contributed by atoms with van der Waals surface area (Å²) in [5.41, 5.74) is 3.85. The third-order valence-electron chi connectivity index (χ3n) is 3.02. The van der Waals surface area contributed by atoms with Gasteiger partial charge in [-0.2, -0.15) is 0 Å². The van der Waals surface area contributed by atoms with Crippen LogP contribution < -0.4 is 16.0 Å². The van der Waals surface area contributed by atoms with Gasteiger partial charge in [0.05, 0.1) is 0 Å². The van der Waals surface area contributed by atoms with E-state index in [-0.39, 0.29) is 5.76 Å². The summed E-state index contributed by atoms with van der Waals surface area (Å²) in [6.07, 6.45) is 3.93. The molecule has 0 aliphatic carbocycles. The number of hydrogen-bond donors (Lipinski definition) is 2. The molecule has 0 atom stereocenters. The van der Waals surface area contributed by atoms with Crippen molar-refractivity contribution in [3.05, 3.63) is 59.1 Å². The number of carbonyl (C=O) groups is 1. The van der Waals surface area contributed by atoms with Crippen LogP contribution in [0.5, 0.6) is 5.75 Å². The number of rotatable bonds is 5. The summed E-state index contributed by atoms with van der Waals surface area (Å²) >= 11 is 0. The lowest BCUT2D eigenvalue weighted by atomic mass is 10.2. The summed E-state index contributed by atoms with van der Waals surface area (Å²) < 4.78 is 11.2. The third kappa shape index (κ3) is 3.52. The first-order valence-electron chi connectivity index (χ1n) is 6.60. The number of benzene rings is 1. The molecule has 3 N–H and O–H groups in total. The topological polar surface area (TPSA) is 77.5 Å². The second-order valence-corrected chi connectivity index (χ2v) is 4.49. The first-order valence-corrected chi connectivity index (χ1v) is 6.60. The fourth-order valence-electron chi connectivity index (χ4n) is 1.93. The smallest absolute Gasteiger partial charge is 0.300 e. The van der Waals surface area contributed by atoms with Crippen molar-refractivity contribution in [3.63, 3.8) is 0 Å². The minimum Gasteiger partial charge on any atom is -0.488 e. The normalized spacial score (nSPS) is 10.8. The summed E-state index contributed by atoms with van der Waals surface area (Å²) in [6, 6.07) is 9.38. The zero-order chi connectivity index (χ0) is 15.2. The van der Waals surface area contributed by atoms with Gasteiger partial charge >= 0.3 is 5.91 Å². The Kier molecular flexibility index (Phi) is 4.79. The predicted molar refractivity (Wildman–Crippen MR) is 80.6 cm³/mol. The lowest BCUT2D eigenvalue weighted by Crippen LogP contribution is -2.29. The number of aryl methyl sites for hydroxylation is 1. The molecule has 21 heavy (non-hydrogen) atoms. The number of hydrogen-bond acceptors (Lipinski definition) is 4. The maximum absolute atomic E-state index is 11.4. The standard InChI is InChI=1S/C16H18N2O3/c1-3-6-12-7-4-5-8-14(12)20-10-13-9-15(16(19)18-17)21-11(13)2/h3-9H,10,17H2,1-2H3,(H,18,19). The van der Waals surface area contributed by atoms with Gasteiger partial charge in [-0.3, -0.25) is 10.2 Å². The number of hydrazine groups is 1. The number of allylic oxidation sites excluding steroid dienone is 1. The highest BCUT2D eigenvalue weighted by Crippen LogP contribution is 2.22. The van der Waals surface area contributed by atoms with Gasteiger partial charge in [0, 0.05) is 11.1 Å². The lowest BCUT2D eigenvalue weighted by Gasteiger charge is -2.08. The number of nitrogens with two attached hydrogens (primary N) is 1. The molecule has 5 nitrogen and oxygen atoms in total.